The molecule has 0 amide bonds. The summed E-state index contributed by atoms with van der Waals surface area (Å²) in [5.74, 6) is 0.254. The van der Waals surface area contributed by atoms with E-state index >= 15 is 0 Å². The fourth-order valence-corrected chi connectivity index (χ4v) is 4.42. The van der Waals surface area contributed by atoms with Crippen LogP contribution in [0, 0.1) is 5.41 Å². The smallest absolute Gasteiger partial charge is 0.244 e. The Bertz CT molecular complexity index is 610. The first kappa shape index (κ1) is 16.3. The molecule has 5 nitrogen and oxygen atoms in total. The fraction of sp³-hybridized carbons (Fsp3) is 0.600. The second-order valence-corrected chi connectivity index (χ2v) is 7.88. The number of ether oxygens (including phenoxy) is 1. The van der Waals surface area contributed by atoms with E-state index in [0.717, 1.165) is 19.3 Å². The summed E-state index contributed by atoms with van der Waals surface area (Å²) in [6.07, 6.45) is 2.89. The third kappa shape index (κ3) is 3.39. The maximum absolute atomic E-state index is 12.6. The first-order chi connectivity index (χ1) is 9.80. The molecule has 0 saturated heterocycles. The van der Waals surface area contributed by atoms with Crippen molar-refractivity contribution in [3.8, 4) is 5.75 Å². The van der Waals surface area contributed by atoms with Crippen LogP contribution in [0.4, 0.5) is 0 Å². The fourth-order valence-electron chi connectivity index (χ4n) is 2.83. The Morgan fingerprint density at radius 1 is 1.43 bits per heavy atom. The summed E-state index contributed by atoms with van der Waals surface area (Å²) in [6.45, 7) is 4.01. The standard InChI is InChI=1S/C15H23NO4S/c1-15(2)8-4-5-14(15)16-21(18,19)13-7-6-11(10-17)9-12(13)20-3/h6-7,9,14,16-17H,4-5,8,10H2,1-3H3. The van der Waals surface area contributed by atoms with Gasteiger partial charge in [-0.15, -0.1) is 0 Å². The second kappa shape index (κ2) is 5.94. The van der Waals surface area contributed by atoms with E-state index in [4.69, 9.17) is 9.84 Å². The summed E-state index contributed by atoms with van der Waals surface area (Å²) in [7, 11) is -2.21. The van der Waals surface area contributed by atoms with Crippen LogP contribution in [0.3, 0.4) is 0 Å². The van der Waals surface area contributed by atoms with E-state index in [-0.39, 0.29) is 28.7 Å². The van der Waals surface area contributed by atoms with Gasteiger partial charge in [-0.3, -0.25) is 0 Å². The van der Waals surface area contributed by atoms with E-state index in [1.54, 1.807) is 12.1 Å². The monoisotopic (exact) mass is 313 g/mol. The molecule has 2 rings (SSSR count). The molecule has 1 atom stereocenters. The molecule has 0 radical (unpaired) electrons. The number of aliphatic hydroxyl groups is 1. The minimum absolute atomic E-state index is 0.0364. The SMILES string of the molecule is COc1cc(CO)ccc1S(=O)(=O)NC1CCCC1(C)C. The summed E-state index contributed by atoms with van der Waals surface area (Å²) in [5, 5.41) is 9.13. The predicted octanol–water partition coefficient (Wildman–Crippen LogP) is 2.04. The highest BCUT2D eigenvalue weighted by Gasteiger charge is 2.37. The molecular formula is C15H23NO4S. The Kier molecular flexibility index (Phi) is 4.60. The van der Waals surface area contributed by atoms with Crippen LogP contribution in [0.1, 0.15) is 38.7 Å². The lowest BCUT2D eigenvalue weighted by atomic mass is 9.88. The van der Waals surface area contributed by atoms with Crippen LogP contribution in [0.25, 0.3) is 0 Å². The molecule has 21 heavy (non-hydrogen) atoms. The number of nitrogens with one attached hydrogen (secondary N) is 1. The third-order valence-electron chi connectivity index (χ3n) is 4.25. The first-order valence-electron chi connectivity index (χ1n) is 7.10. The van der Waals surface area contributed by atoms with Gasteiger partial charge in [0, 0.05) is 6.04 Å². The lowest BCUT2D eigenvalue weighted by Gasteiger charge is -2.27. The number of aliphatic hydroxyl groups excluding tert-OH is 1. The average molecular weight is 313 g/mol. The van der Waals surface area contributed by atoms with Gasteiger partial charge in [0.05, 0.1) is 13.7 Å². The molecule has 1 saturated carbocycles. The van der Waals surface area contributed by atoms with Gasteiger partial charge >= 0.3 is 0 Å². The topological polar surface area (TPSA) is 75.6 Å². The van der Waals surface area contributed by atoms with Crippen molar-refractivity contribution >= 4 is 10.0 Å². The maximum atomic E-state index is 12.6. The predicted molar refractivity (Wildman–Crippen MR) is 80.7 cm³/mol. The van der Waals surface area contributed by atoms with E-state index in [9.17, 15) is 8.42 Å². The highest BCUT2D eigenvalue weighted by molar-refractivity contribution is 7.89. The van der Waals surface area contributed by atoms with Crippen molar-refractivity contribution in [2.75, 3.05) is 7.11 Å². The molecule has 1 unspecified atom stereocenters. The Morgan fingerprint density at radius 2 is 2.14 bits per heavy atom. The van der Waals surface area contributed by atoms with Gasteiger partial charge in [0.2, 0.25) is 10.0 Å². The molecule has 118 valence electrons. The Labute approximate surface area is 126 Å². The zero-order valence-corrected chi connectivity index (χ0v) is 13.5. The van der Waals surface area contributed by atoms with Gasteiger partial charge in [-0.25, -0.2) is 13.1 Å². The number of hydrogen-bond acceptors (Lipinski definition) is 4. The van der Waals surface area contributed by atoms with Crippen LogP contribution in [0.5, 0.6) is 5.75 Å². The van der Waals surface area contributed by atoms with E-state index in [1.165, 1.54) is 13.2 Å². The van der Waals surface area contributed by atoms with Gasteiger partial charge in [0.25, 0.3) is 0 Å². The number of sulfonamides is 1. The number of benzene rings is 1. The molecular weight excluding hydrogens is 290 g/mol. The summed E-state index contributed by atoms with van der Waals surface area (Å²) >= 11 is 0. The summed E-state index contributed by atoms with van der Waals surface area (Å²) in [4.78, 5) is 0.116. The zero-order chi connectivity index (χ0) is 15.7. The van der Waals surface area contributed by atoms with Gasteiger partial charge in [-0.2, -0.15) is 0 Å². The summed E-state index contributed by atoms with van der Waals surface area (Å²) < 4.78 is 33.2. The minimum atomic E-state index is -3.64. The number of methoxy groups -OCH3 is 1. The number of rotatable bonds is 5. The van der Waals surface area contributed by atoms with E-state index in [0.29, 0.717) is 5.56 Å². The van der Waals surface area contributed by atoms with Crippen LogP contribution >= 0.6 is 0 Å². The molecule has 1 aliphatic rings. The summed E-state index contributed by atoms with van der Waals surface area (Å²) in [6, 6.07) is 4.56. The van der Waals surface area contributed by atoms with Crippen LogP contribution in [-0.4, -0.2) is 26.7 Å². The second-order valence-electron chi connectivity index (χ2n) is 6.20. The molecule has 1 aromatic rings. The average Bonchev–Trinajstić information content (AvgIpc) is 2.76. The zero-order valence-electron chi connectivity index (χ0n) is 12.7. The van der Waals surface area contributed by atoms with Crippen molar-refractivity contribution in [3.05, 3.63) is 23.8 Å². The van der Waals surface area contributed by atoms with E-state index in [2.05, 4.69) is 18.6 Å². The largest absolute Gasteiger partial charge is 0.495 e. The van der Waals surface area contributed by atoms with Crippen LogP contribution in [0.2, 0.25) is 0 Å². The Hall–Kier alpha value is -1.11. The van der Waals surface area contributed by atoms with Crippen LogP contribution < -0.4 is 9.46 Å². The van der Waals surface area contributed by atoms with Gasteiger partial charge in [-0.05, 0) is 36.0 Å². The van der Waals surface area contributed by atoms with Crippen LogP contribution in [0.15, 0.2) is 23.1 Å². The van der Waals surface area contributed by atoms with Crippen molar-refractivity contribution in [2.45, 2.75) is 50.7 Å². The highest BCUT2D eigenvalue weighted by Crippen LogP contribution is 2.38. The van der Waals surface area contributed by atoms with Crippen molar-refractivity contribution < 1.29 is 18.3 Å². The lowest BCUT2D eigenvalue weighted by Crippen LogP contribution is -2.41. The quantitative estimate of drug-likeness (QED) is 0.872. The molecule has 1 aliphatic carbocycles. The van der Waals surface area contributed by atoms with Crippen molar-refractivity contribution in [1.82, 2.24) is 4.72 Å². The molecule has 0 heterocycles. The van der Waals surface area contributed by atoms with Crippen LogP contribution in [-0.2, 0) is 16.6 Å². The highest BCUT2D eigenvalue weighted by atomic mass is 32.2. The minimum Gasteiger partial charge on any atom is -0.495 e. The molecule has 0 bridgehead atoms. The van der Waals surface area contributed by atoms with Gasteiger partial charge < -0.3 is 9.84 Å². The molecule has 6 heteroatoms. The normalized spacial score (nSPS) is 21.4. The van der Waals surface area contributed by atoms with Crippen molar-refractivity contribution in [2.24, 2.45) is 5.41 Å². The van der Waals surface area contributed by atoms with Gasteiger partial charge in [-0.1, -0.05) is 26.3 Å². The van der Waals surface area contributed by atoms with Gasteiger partial charge in [0.1, 0.15) is 10.6 Å². The number of hydrogen-bond donors (Lipinski definition) is 2. The molecule has 0 spiro atoms. The van der Waals surface area contributed by atoms with E-state index < -0.39 is 10.0 Å². The molecule has 1 aromatic carbocycles. The van der Waals surface area contributed by atoms with Crippen molar-refractivity contribution in [3.63, 3.8) is 0 Å². The molecule has 1 fully saturated rings. The summed E-state index contributed by atoms with van der Waals surface area (Å²) in [5.41, 5.74) is 0.581. The Balaban J connectivity index is 2.31. The van der Waals surface area contributed by atoms with E-state index in [1.807, 2.05) is 0 Å². The molecule has 2 N–H and O–H groups in total. The molecule has 0 aromatic heterocycles. The molecule has 0 aliphatic heterocycles. The third-order valence-corrected chi connectivity index (χ3v) is 5.77. The van der Waals surface area contributed by atoms with Crippen molar-refractivity contribution in [1.29, 1.82) is 0 Å². The first-order valence-corrected chi connectivity index (χ1v) is 8.58. The van der Waals surface area contributed by atoms with Gasteiger partial charge in [0.15, 0.2) is 0 Å². The maximum Gasteiger partial charge on any atom is 0.244 e. The Morgan fingerprint density at radius 3 is 2.67 bits per heavy atom. The lowest BCUT2D eigenvalue weighted by molar-refractivity contribution is 0.280.